The van der Waals surface area contributed by atoms with Gasteiger partial charge in [-0.2, -0.15) is 0 Å². The summed E-state index contributed by atoms with van der Waals surface area (Å²) in [5.41, 5.74) is 0. The molecule has 14 heavy (non-hydrogen) atoms. The number of nitrogens with zero attached hydrogens (tertiary/aromatic N) is 1. The monoisotopic (exact) mass is 213 g/mol. The summed E-state index contributed by atoms with van der Waals surface area (Å²) in [7, 11) is 0. The van der Waals surface area contributed by atoms with Crippen molar-refractivity contribution in [2.75, 3.05) is 0 Å². The second kappa shape index (κ2) is 4.18. The molecule has 0 spiro atoms. The Morgan fingerprint density at radius 3 is 2.50 bits per heavy atom. The largest absolute Gasteiger partial charge is 0.318 e. The van der Waals surface area contributed by atoms with Gasteiger partial charge < -0.3 is 4.90 Å². The van der Waals surface area contributed by atoms with E-state index in [0.29, 0.717) is 6.42 Å². The van der Waals surface area contributed by atoms with Crippen molar-refractivity contribution in [1.29, 1.82) is 0 Å². The zero-order chi connectivity index (χ0) is 10.8. The van der Waals surface area contributed by atoms with Gasteiger partial charge in [-0.25, -0.2) is 0 Å². The molecule has 2 nitrogen and oxygen atoms in total. The fourth-order valence-corrected chi connectivity index (χ4v) is 2.29. The number of carbonyl (C=O) groups is 1. The molecular weight excluding hydrogens is 198 g/mol. The number of carbonyl (C=O) groups excluding carboxylic acids is 1. The van der Waals surface area contributed by atoms with Gasteiger partial charge in [-0.15, -0.1) is 0 Å². The third-order valence-corrected chi connectivity index (χ3v) is 2.72. The molecule has 0 aromatic rings. The maximum Gasteiger partial charge on any atom is 0.221 e. The van der Waals surface area contributed by atoms with E-state index in [-0.39, 0.29) is 11.9 Å². The van der Waals surface area contributed by atoms with Crippen LogP contribution in [-0.2, 0) is 4.79 Å². The Morgan fingerprint density at radius 1 is 1.50 bits per heavy atom. The summed E-state index contributed by atoms with van der Waals surface area (Å²) in [5.74, 6) is 0.00921. The summed E-state index contributed by atoms with van der Waals surface area (Å²) in [5, 5.41) is 0. The highest BCUT2D eigenvalue weighted by atomic mass is 35.5. The Kier molecular flexibility index (Phi) is 3.38. The molecule has 0 fully saturated rings. The van der Waals surface area contributed by atoms with Crippen molar-refractivity contribution in [3.05, 3.63) is 24.3 Å². The minimum absolute atomic E-state index is 0.00921. The van der Waals surface area contributed by atoms with Crippen LogP contribution in [0.15, 0.2) is 24.3 Å². The lowest BCUT2D eigenvalue weighted by atomic mass is 10.0. The minimum atomic E-state index is -0.672. The first-order valence-corrected chi connectivity index (χ1v) is 5.18. The molecule has 1 aliphatic carbocycles. The van der Waals surface area contributed by atoms with Crippen LogP contribution in [0.3, 0.4) is 0 Å². The Hall–Kier alpha value is -0.760. The summed E-state index contributed by atoms with van der Waals surface area (Å²) in [6.07, 6.45) is 8.35. The lowest BCUT2D eigenvalue weighted by molar-refractivity contribution is -0.133. The van der Waals surface area contributed by atoms with Crippen LogP contribution in [-0.4, -0.2) is 21.8 Å². The minimum Gasteiger partial charge on any atom is -0.318 e. The molecule has 1 aliphatic rings. The van der Waals surface area contributed by atoms with Gasteiger partial charge in [0.25, 0.3) is 0 Å². The highest BCUT2D eigenvalue weighted by Gasteiger charge is 2.35. The van der Waals surface area contributed by atoms with Crippen LogP contribution < -0.4 is 0 Å². The molecule has 1 amide bonds. The predicted molar refractivity (Wildman–Crippen MR) is 59.1 cm³/mol. The van der Waals surface area contributed by atoms with Crippen molar-refractivity contribution < 1.29 is 4.79 Å². The Bertz CT molecular complexity index is 283. The van der Waals surface area contributed by atoms with E-state index in [0.717, 1.165) is 0 Å². The number of hydrogen-bond acceptors (Lipinski definition) is 1. The van der Waals surface area contributed by atoms with Crippen LogP contribution in [0, 0.1) is 0 Å². The van der Waals surface area contributed by atoms with Crippen LogP contribution in [0.1, 0.15) is 27.2 Å². The van der Waals surface area contributed by atoms with Crippen molar-refractivity contribution in [3.8, 4) is 0 Å². The molecule has 0 aromatic heterocycles. The van der Waals surface area contributed by atoms with Crippen LogP contribution >= 0.6 is 11.6 Å². The quantitative estimate of drug-likeness (QED) is 0.510. The maximum atomic E-state index is 11.5. The molecule has 0 saturated heterocycles. The lowest BCUT2D eigenvalue weighted by Crippen LogP contribution is -2.49. The second-order valence-electron chi connectivity index (χ2n) is 3.79. The fraction of sp³-hybridized carbons (Fsp3) is 0.545. The predicted octanol–water partition coefficient (Wildman–Crippen LogP) is 2.69. The Labute approximate surface area is 90.2 Å². The summed E-state index contributed by atoms with van der Waals surface area (Å²) in [6, 6.07) is 0.112. The molecule has 3 heteroatoms. The van der Waals surface area contributed by atoms with E-state index in [1.807, 2.05) is 38.2 Å². The van der Waals surface area contributed by atoms with E-state index in [4.69, 9.17) is 11.6 Å². The van der Waals surface area contributed by atoms with E-state index in [1.54, 1.807) is 11.8 Å². The topological polar surface area (TPSA) is 20.3 Å². The van der Waals surface area contributed by atoms with Crippen LogP contribution in [0.4, 0.5) is 0 Å². The summed E-state index contributed by atoms with van der Waals surface area (Å²) in [4.78, 5) is 12.5. The normalized spacial score (nSPS) is 25.5. The van der Waals surface area contributed by atoms with Crippen molar-refractivity contribution in [3.63, 3.8) is 0 Å². The molecule has 0 unspecified atom stereocenters. The van der Waals surface area contributed by atoms with Gasteiger partial charge in [0.2, 0.25) is 5.91 Å². The van der Waals surface area contributed by atoms with Gasteiger partial charge in [0.1, 0.15) is 5.00 Å². The first kappa shape index (κ1) is 11.3. The molecule has 0 bridgehead atoms. The van der Waals surface area contributed by atoms with Gasteiger partial charge in [-0.1, -0.05) is 29.8 Å². The van der Waals surface area contributed by atoms with Crippen LogP contribution in [0.5, 0.6) is 0 Å². The van der Waals surface area contributed by atoms with Crippen molar-refractivity contribution in [1.82, 2.24) is 4.90 Å². The first-order valence-electron chi connectivity index (χ1n) is 4.80. The number of hydrogen-bond donors (Lipinski definition) is 0. The average molecular weight is 214 g/mol. The van der Waals surface area contributed by atoms with Crippen LogP contribution in [0.2, 0.25) is 0 Å². The molecule has 0 heterocycles. The molecule has 78 valence electrons. The van der Waals surface area contributed by atoms with E-state index in [9.17, 15) is 4.79 Å². The summed E-state index contributed by atoms with van der Waals surface area (Å²) < 4.78 is 0. The summed E-state index contributed by atoms with van der Waals surface area (Å²) in [6.45, 7) is 5.49. The third-order valence-electron chi connectivity index (χ3n) is 2.26. The van der Waals surface area contributed by atoms with Crippen molar-refractivity contribution in [2.45, 2.75) is 38.2 Å². The van der Waals surface area contributed by atoms with E-state index >= 15 is 0 Å². The van der Waals surface area contributed by atoms with Gasteiger partial charge in [0.05, 0.1) is 0 Å². The lowest BCUT2D eigenvalue weighted by Gasteiger charge is -2.39. The molecule has 0 aromatic carbocycles. The number of alkyl halides is 1. The number of halogens is 1. The molecular formula is C11H16ClNO. The highest BCUT2D eigenvalue weighted by molar-refractivity contribution is 6.26. The average Bonchev–Trinajstić information content (AvgIpc) is 2.02. The highest BCUT2D eigenvalue weighted by Crippen LogP contribution is 2.31. The first-order chi connectivity index (χ1) is 6.47. The second-order valence-corrected chi connectivity index (χ2v) is 4.45. The zero-order valence-electron chi connectivity index (χ0n) is 8.83. The standard InChI is InChI=1S/C11H16ClNO/c1-9(2)13(10(3)14)11(12)7-5-4-6-8-11/h4-7,9H,8H2,1-3H3/t11-/m1/s1. The molecule has 1 atom stereocenters. The number of rotatable bonds is 2. The van der Waals surface area contributed by atoms with E-state index in [2.05, 4.69) is 0 Å². The van der Waals surface area contributed by atoms with Gasteiger partial charge in [-0.05, 0) is 19.9 Å². The van der Waals surface area contributed by atoms with Crippen molar-refractivity contribution >= 4 is 17.5 Å². The summed E-state index contributed by atoms with van der Waals surface area (Å²) >= 11 is 6.40. The molecule has 0 N–H and O–H groups in total. The third kappa shape index (κ3) is 2.18. The number of amides is 1. The van der Waals surface area contributed by atoms with Crippen molar-refractivity contribution in [2.24, 2.45) is 0 Å². The van der Waals surface area contributed by atoms with Gasteiger partial charge >= 0.3 is 0 Å². The molecule has 0 saturated carbocycles. The smallest absolute Gasteiger partial charge is 0.221 e. The Morgan fingerprint density at radius 2 is 2.14 bits per heavy atom. The van der Waals surface area contributed by atoms with E-state index in [1.165, 1.54) is 0 Å². The maximum absolute atomic E-state index is 11.5. The fourth-order valence-electron chi connectivity index (χ4n) is 1.82. The van der Waals surface area contributed by atoms with Gasteiger partial charge in [-0.3, -0.25) is 4.79 Å². The Balaban J connectivity index is 2.92. The van der Waals surface area contributed by atoms with E-state index < -0.39 is 5.00 Å². The van der Waals surface area contributed by atoms with Crippen LogP contribution in [0.25, 0.3) is 0 Å². The zero-order valence-corrected chi connectivity index (χ0v) is 9.58. The molecule has 0 radical (unpaired) electrons. The van der Waals surface area contributed by atoms with Gasteiger partial charge in [0.15, 0.2) is 0 Å². The SMILES string of the molecule is CC(=O)N(C(C)C)[C@]1(Cl)C=CC=CC1. The molecule has 0 aliphatic heterocycles. The van der Waals surface area contributed by atoms with Gasteiger partial charge in [0, 0.05) is 19.4 Å². The number of allylic oxidation sites excluding steroid dienone is 2. The molecule has 1 rings (SSSR count).